The van der Waals surface area contributed by atoms with Crippen LogP contribution in [0.25, 0.3) is 0 Å². The van der Waals surface area contributed by atoms with E-state index in [9.17, 15) is 18.0 Å². The second kappa shape index (κ2) is 9.14. The Morgan fingerprint density at radius 3 is 2.21 bits per heavy atom. The lowest BCUT2D eigenvalue weighted by Gasteiger charge is -2.11. The first kappa shape index (κ1) is 20.3. The zero-order valence-electron chi connectivity index (χ0n) is 15.2. The molecule has 0 unspecified atom stereocenters. The molecule has 0 heterocycles. The first-order valence-corrected chi connectivity index (χ1v) is 8.75. The van der Waals surface area contributed by atoms with Crippen LogP contribution in [0.4, 0.5) is 13.2 Å². The summed E-state index contributed by atoms with van der Waals surface area (Å²) in [7, 11) is 0. The molecule has 0 aliphatic rings. The van der Waals surface area contributed by atoms with Gasteiger partial charge in [0.2, 0.25) is 0 Å². The largest absolute Gasteiger partial charge is 0.483 e. The molecule has 3 rings (SSSR count). The second-order valence-corrected chi connectivity index (χ2v) is 6.27. The van der Waals surface area contributed by atoms with Gasteiger partial charge < -0.3 is 14.6 Å². The first-order chi connectivity index (χ1) is 13.9. The molecule has 3 aromatic rings. The lowest BCUT2D eigenvalue weighted by Crippen LogP contribution is -2.03. The van der Waals surface area contributed by atoms with Crippen molar-refractivity contribution in [2.45, 2.75) is 19.4 Å². The van der Waals surface area contributed by atoms with Gasteiger partial charge in [0.25, 0.3) is 0 Å². The van der Waals surface area contributed by atoms with E-state index in [0.717, 1.165) is 12.1 Å². The van der Waals surface area contributed by atoms with Crippen LogP contribution < -0.4 is 9.47 Å². The van der Waals surface area contributed by atoms with E-state index >= 15 is 0 Å². The van der Waals surface area contributed by atoms with Crippen molar-refractivity contribution >= 4 is 5.97 Å². The van der Waals surface area contributed by atoms with Crippen molar-refractivity contribution in [2.24, 2.45) is 0 Å². The van der Waals surface area contributed by atoms with Gasteiger partial charge in [-0.2, -0.15) is 0 Å². The summed E-state index contributed by atoms with van der Waals surface area (Å²) in [6, 6.07) is 14.4. The summed E-state index contributed by atoms with van der Waals surface area (Å²) in [5.41, 5.74) is 0.850. The number of aryl methyl sites for hydroxylation is 1. The molecule has 29 heavy (non-hydrogen) atoms. The summed E-state index contributed by atoms with van der Waals surface area (Å²) >= 11 is 0. The van der Waals surface area contributed by atoms with E-state index in [1.54, 1.807) is 24.3 Å². The van der Waals surface area contributed by atoms with Gasteiger partial charge >= 0.3 is 5.97 Å². The van der Waals surface area contributed by atoms with Gasteiger partial charge in [-0.05, 0) is 66.1 Å². The fraction of sp³-hybridized carbons (Fsp3) is 0.136. The zero-order valence-corrected chi connectivity index (χ0v) is 15.2. The maximum Gasteiger partial charge on any atom is 0.303 e. The highest BCUT2D eigenvalue weighted by Gasteiger charge is 2.14. The number of rotatable bonds is 8. The number of aliphatic carboxylic acids is 1. The third kappa shape index (κ3) is 5.75. The van der Waals surface area contributed by atoms with E-state index < -0.39 is 23.4 Å². The normalized spacial score (nSPS) is 10.6. The number of hydrogen-bond acceptors (Lipinski definition) is 3. The fourth-order valence-corrected chi connectivity index (χ4v) is 2.64. The number of halogens is 3. The van der Waals surface area contributed by atoms with Crippen molar-refractivity contribution in [3.63, 3.8) is 0 Å². The Kier molecular flexibility index (Phi) is 6.39. The summed E-state index contributed by atoms with van der Waals surface area (Å²) in [4.78, 5) is 10.6. The molecule has 0 saturated carbocycles. The Morgan fingerprint density at radius 2 is 1.55 bits per heavy atom. The van der Waals surface area contributed by atoms with Crippen molar-refractivity contribution in [3.05, 3.63) is 89.2 Å². The highest BCUT2D eigenvalue weighted by molar-refractivity contribution is 5.67. The zero-order chi connectivity index (χ0) is 20.8. The predicted octanol–water partition coefficient (Wildman–Crippen LogP) is 5.49. The van der Waals surface area contributed by atoms with Crippen LogP contribution in [0.2, 0.25) is 0 Å². The molecule has 0 radical (unpaired) electrons. The summed E-state index contributed by atoms with van der Waals surface area (Å²) < 4.78 is 52.2. The highest BCUT2D eigenvalue weighted by atomic mass is 19.1. The van der Waals surface area contributed by atoms with Crippen LogP contribution in [0.3, 0.4) is 0 Å². The summed E-state index contributed by atoms with van der Waals surface area (Å²) in [5, 5.41) is 8.67. The van der Waals surface area contributed by atoms with Gasteiger partial charge in [0, 0.05) is 6.42 Å². The molecule has 7 heteroatoms. The lowest BCUT2D eigenvalue weighted by molar-refractivity contribution is -0.136. The van der Waals surface area contributed by atoms with Crippen LogP contribution in [0.5, 0.6) is 17.2 Å². The van der Waals surface area contributed by atoms with Crippen molar-refractivity contribution in [1.82, 2.24) is 0 Å². The van der Waals surface area contributed by atoms with Crippen LogP contribution in [-0.2, 0) is 17.8 Å². The van der Waals surface area contributed by atoms with E-state index in [4.69, 9.17) is 14.6 Å². The maximum absolute atomic E-state index is 14.2. The molecule has 1 N–H and O–H groups in total. The number of ether oxygens (including phenoxy) is 2. The quantitative estimate of drug-likeness (QED) is 0.541. The van der Waals surface area contributed by atoms with Gasteiger partial charge in [0.05, 0.1) is 0 Å². The molecular formula is C22H17F3O4. The molecule has 0 aliphatic heterocycles. The molecular weight excluding hydrogens is 385 g/mol. The number of carboxylic acid groups (broad SMARTS) is 1. The van der Waals surface area contributed by atoms with Gasteiger partial charge in [-0.1, -0.05) is 12.1 Å². The Balaban J connectivity index is 1.66. The van der Waals surface area contributed by atoms with Crippen molar-refractivity contribution in [2.75, 3.05) is 0 Å². The molecule has 3 aromatic carbocycles. The van der Waals surface area contributed by atoms with Crippen molar-refractivity contribution in [1.29, 1.82) is 0 Å². The smallest absolute Gasteiger partial charge is 0.303 e. The Labute approximate surface area is 165 Å². The minimum Gasteiger partial charge on any atom is -0.483 e. The third-order valence-electron chi connectivity index (χ3n) is 4.02. The topological polar surface area (TPSA) is 55.8 Å². The summed E-state index contributed by atoms with van der Waals surface area (Å²) in [6.45, 7) is -0.108. The van der Waals surface area contributed by atoms with E-state index in [0.29, 0.717) is 17.1 Å². The number of hydrogen-bond donors (Lipinski definition) is 1. The Morgan fingerprint density at radius 1 is 0.862 bits per heavy atom. The molecule has 0 aliphatic carbocycles. The van der Waals surface area contributed by atoms with Crippen molar-refractivity contribution in [3.8, 4) is 17.2 Å². The van der Waals surface area contributed by atoms with E-state index in [2.05, 4.69) is 0 Å². The highest BCUT2D eigenvalue weighted by Crippen LogP contribution is 2.26. The van der Waals surface area contributed by atoms with Crippen LogP contribution in [-0.4, -0.2) is 11.1 Å². The second-order valence-electron chi connectivity index (χ2n) is 6.27. The molecule has 4 nitrogen and oxygen atoms in total. The summed E-state index contributed by atoms with van der Waals surface area (Å²) in [6.07, 6.45) is -0.202. The molecule has 0 fully saturated rings. The van der Waals surface area contributed by atoms with Crippen LogP contribution in [0.15, 0.2) is 60.7 Å². The molecule has 150 valence electrons. The molecule has 0 amide bonds. The molecule has 0 atom stereocenters. The molecule has 0 saturated heterocycles. The van der Waals surface area contributed by atoms with E-state index in [-0.39, 0.29) is 30.8 Å². The van der Waals surface area contributed by atoms with Crippen LogP contribution in [0.1, 0.15) is 17.5 Å². The molecule has 0 aromatic heterocycles. The fourth-order valence-electron chi connectivity index (χ4n) is 2.64. The number of carbonyl (C=O) groups is 1. The number of carboxylic acids is 1. The predicted molar refractivity (Wildman–Crippen MR) is 99.6 cm³/mol. The average molecular weight is 402 g/mol. The van der Waals surface area contributed by atoms with Gasteiger partial charge in [-0.15, -0.1) is 0 Å². The minimum atomic E-state index is -1.05. The SMILES string of the molecule is O=C(O)CCc1cc(F)c(OCc2cccc(Oc3ccc(F)cc3)c2)c(F)c1. The average Bonchev–Trinajstić information content (AvgIpc) is 2.68. The Bertz CT molecular complexity index is 980. The van der Waals surface area contributed by atoms with E-state index in [1.807, 2.05) is 0 Å². The van der Waals surface area contributed by atoms with Gasteiger partial charge in [0.1, 0.15) is 23.9 Å². The monoisotopic (exact) mass is 402 g/mol. The standard InChI is InChI=1S/C22H17F3O4/c23-16-5-7-17(8-6-16)29-18-3-1-2-15(10-18)13-28-22-19(24)11-14(12-20(22)25)4-9-21(26)27/h1-3,5-8,10-12H,4,9,13H2,(H,26,27). The maximum atomic E-state index is 14.2. The minimum absolute atomic E-state index is 0.0201. The van der Waals surface area contributed by atoms with Crippen LogP contribution >= 0.6 is 0 Å². The molecule has 0 bridgehead atoms. The number of benzene rings is 3. The summed E-state index contributed by atoms with van der Waals surface area (Å²) in [5.74, 6) is -2.85. The van der Waals surface area contributed by atoms with Gasteiger partial charge in [-0.3, -0.25) is 4.79 Å². The van der Waals surface area contributed by atoms with E-state index in [1.165, 1.54) is 24.3 Å². The third-order valence-corrected chi connectivity index (χ3v) is 4.02. The van der Waals surface area contributed by atoms with Gasteiger partial charge in [0.15, 0.2) is 17.4 Å². The first-order valence-electron chi connectivity index (χ1n) is 8.75. The van der Waals surface area contributed by atoms with Gasteiger partial charge in [-0.25, -0.2) is 13.2 Å². The van der Waals surface area contributed by atoms with Crippen LogP contribution in [0, 0.1) is 17.5 Å². The molecule has 0 spiro atoms. The lowest BCUT2D eigenvalue weighted by atomic mass is 10.1. The van der Waals surface area contributed by atoms with Crippen molar-refractivity contribution < 1.29 is 32.5 Å². The Hall–Kier alpha value is -3.48.